The lowest BCUT2D eigenvalue weighted by Crippen LogP contribution is -2.04. The molecular formula is C14H11Cl2FO2. The zero-order valence-corrected chi connectivity index (χ0v) is 11.5. The molecule has 0 amide bonds. The molecule has 0 bridgehead atoms. The first-order valence-corrected chi connectivity index (χ1v) is 6.25. The first-order valence-electron chi connectivity index (χ1n) is 5.50. The van der Waals surface area contributed by atoms with E-state index in [1.807, 2.05) is 0 Å². The van der Waals surface area contributed by atoms with E-state index in [2.05, 4.69) is 0 Å². The molecule has 1 unspecified atom stereocenters. The number of halogens is 3. The van der Waals surface area contributed by atoms with E-state index in [9.17, 15) is 9.50 Å². The molecule has 5 heteroatoms. The van der Waals surface area contributed by atoms with E-state index in [0.717, 1.165) is 0 Å². The summed E-state index contributed by atoms with van der Waals surface area (Å²) in [5.41, 5.74) is 0.488. The minimum Gasteiger partial charge on any atom is -0.494 e. The SMILES string of the molecule is COc1cccc(C(O)c2ccc(Cl)cc2Cl)c1F. The summed E-state index contributed by atoms with van der Waals surface area (Å²) in [7, 11) is 1.36. The van der Waals surface area contributed by atoms with Gasteiger partial charge in [0.05, 0.1) is 7.11 Å². The van der Waals surface area contributed by atoms with Crippen LogP contribution in [0.4, 0.5) is 4.39 Å². The van der Waals surface area contributed by atoms with Crippen LogP contribution in [0.2, 0.25) is 10.0 Å². The highest BCUT2D eigenvalue weighted by molar-refractivity contribution is 6.35. The number of hydrogen-bond acceptors (Lipinski definition) is 2. The van der Waals surface area contributed by atoms with Crippen LogP contribution in [-0.2, 0) is 0 Å². The van der Waals surface area contributed by atoms with Crippen molar-refractivity contribution in [2.75, 3.05) is 7.11 Å². The second-order valence-corrected chi connectivity index (χ2v) is 4.78. The Morgan fingerprint density at radius 2 is 1.89 bits per heavy atom. The Kier molecular flexibility index (Phi) is 4.30. The number of ether oxygens (including phenoxy) is 1. The third-order valence-electron chi connectivity index (χ3n) is 2.76. The Hall–Kier alpha value is -1.29. The average molecular weight is 301 g/mol. The predicted octanol–water partition coefficient (Wildman–Crippen LogP) is 4.22. The van der Waals surface area contributed by atoms with Crippen LogP contribution in [0.5, 0.6) is 5.75 Å². The van der Waals surface area contributed by atoms with Gasteiger partial charge in [0.15, 0.2) is 11.6 Å². The molecule has 100 valence electrons. The van der Waals surface area contributed by atoms with E-state index in [1.165, 1.54) is 25.3 Å². The van der Waals surface area contributed by atoms with Gasteiger partial charge >= 0.3 is 0 Å². The van der Waals surface area contributed by atoms with Crippen LogP contribution in [0.3, 0.4) is 0 Å². The summed E-state index contributed by atoms with van der Waals surface area (Å²) in [6.07, 6.45) is -1.18. The fraction of sp³-hybridized carbons (Fsp3) is 0.143. The summed E-state index contributed by atoms with van der Waals surface area (Å²) in [6.45, 7) is 0. The lowest BCUT2D eigenvalue weighted by molar-refractivity contribution is 0.213. The van der Waals surface area contributed by atoms with Crippen LogP contribution >= 0.6 is 23.2 Å². The van der Waals surface area contributed by atoms with E-state index in [0.29, 0.717) is 10.6 Å². The van der Waals surface area contributed by atoms with Crippen LogP contribution in [0, 0.1) is 5.82 Å². The summed E-state index contributed by atoms with van der Waals surface area (Å²) in [5.74, 6) is -0.537. The van der Waals surface area contributed by atoms with Crippen LogP contribution in [0.15, 0.2) is 36.4 Å². The minimum atomic E-state index is -1.18. The molecule has 1 atom stereocenters. The van der Waals surface area contributed by atoms with Crippen LogP contribution < -0.4 is 4.74 Å². The van der Waals surface area contributed by atoms with E-state index in [-0.39, 0.29) is 16.3 Å². The maximum atomic E-state index is 14.1. The smallest absolute Gasteiger partial charge is 0.171 e. The number of hydrogen-bond donors (Lipinski definition) is 1. The van der Waals surface area contributed by atoms with E-state index in [1.54, 1.807) is 18.2 Å². The zero-order valence-electron chi connectivity index (χ0n) is 10.0. The first-order chi connectivity index (χ1) is 9.04. The summed E-state index contributed by atoms with van der Waals surface area (Å²) in [6, 6.07) is 9.21. The Bertz CT molecular complexity index is 602. The molecule has 0 aliphatic rings. The van der Waals surface area contributed by atoms with Gasteiger partial charge in [0, 0.05) is 21.2 Å². The van der Waals surface area contributed by atoms with Gasteiger partial charge in [-0.2, -0.15) is 0 Å². The molecule has 2 aromatic rings. The normalized spacial score (nSPS) is 12.3. The highest BCUT2D eigenvalue weighted by Gasteiger charge is 2.20. The molecule has 0 spiro atoms. The van der Waals surface area contributed by atoms with Crippen molar-refractivity contribution in [3.05, 3.63) is 63.4 Å². The van der Waals surface area contributed by atoms with E-state index < -0.39 is 11.9 Å². The zero-order chi connectivity index (χ0) is 14.0. The Morgan fingerprint density at radius 1 is 1.16 bits per heavy atom. The molecule has 2 rings (SSSR count). The monoisotopic (exact) mass is 300 g/mol. The van der Waals surface area contributed by atoms with Gasteiger partial charge in [-0.05, 0) is 18.2 Å². The first kappa shape index (κ1) is 14.1. The van der Waals surface area contributed by atoms with Crippen molar-refractivity contribution < 1.29 is 14.2 Å². The second kappa shape index (κ2) is 5.78. The van der Waals surface area contributed by atoms with Gasteiger partial charge < -0.3 is 9.84 Å². The van der Waals surface area contributed by atoms with Crippen molar-refractivity contribution in [1.29, 1.82) is 0 Å². The number of methoxy groups -OCH3 is 1. The number of aliphatic hydroxyl groups is 1. The Labute approximate surface area is 120 Å². The molecular weight excluding hydrogens is 290 g/mol. The molecule has 0 heterocycles. The second-order valence-electron chi connectivity index (χ2n) is 3.93. The Morgan fingerprint density at radius 3 is 2.53 bits per heavy atom. The van der Waals surface area contributed by atoms with Gasteiger partial charge in [0.25, 0.3) is 0 Å². The molecule has 0 aliphatic carbocycles. The minimum absolute atomic E-state index is 0.0710. The summed E-state index contributed by atoms with van der Waals surface area (Å²) in [5, 5.41) is 11.0. The van der Waals surface area contributed by atoms with Gasteiger partial charge in [0.2, 0.25) is 0 Å². The maximum absolute atomic E-state index is 14.1. The third kappa shape index (κ3) is 2.84. The van der Waals surface area contributed by atoms with Crippen molar-refractivity contribution in [3.8, 4) is 5.75 Å². The number of rotatable bonds is 3. The fourth-order valence-electron chi connectivity index (χ4n) is 1.79. The highest BCUT2D eigenvalue weighted by atomic mass is 35.5. The lowest BCUT2D eigenvalue weighted by atomic mass is 10.0. The summed E-state index contributed by atoms with van der Waals surface area (Å²) in [4.78, 5) is 0. The van der Waals surface area contributed by atoms with Crippen molar-refractivity contribution >= 4 is 23.2 Å². The fourth-order valence-corrected chi connectivity index (χ4v) is 2.30. The number of aliphatic hydroxyl groups excluding tert-OH is 1. The van der Waals surface area contributed by atoms with Crippen molar-refractivity contribution in [3.63, 3.8) is 0 Å². The molecule has 0 fully saturated rings. The van der Waals surface area contributed by atoms with Gasteiger partial charge in [0.1, 0.15) is 6.10 Å². The predicted molar refractivity (Wildman–Crippen MR) is 73.5 cm³/mol. The molecule has 2 aromatic carbocycles. The third-order valence-corrected chi connectivity index (χ3v) is 3.33. The molecule has 0 saturated heterocycles. The molecule has 0 aliphatic heterocycles. The quantitative estimate of drug-likeness (QED) is 0.919. The molecule has 0 saturated carbocycles. The molecule has 0 radical (unpaired) electrons. The molecule has 0 aromatic heterocycles. The maximum Gasteiger partial charge on any atom is 0.171 e. The van der Waals surface area contributed by atoms with Gasteiger partial charge in [-0.3, -0.25) is 0 Å². The number of benzene rings is 2. The van der Waals surface area contributed by atoms with Crippen molar-refractivity contribution in [2.45, 2.75) is 6.10 Å². The molecule has 1 N–H and O–H groups in total. The molecule has 2 nitrogen and oxygen atoms in total. The van der Waals surface area contributed by atoms with Gasteiger partial charge in [-0.15, -0.1) is 0 Å². The van der Waals surface area contributed by atoms with Gasteiger partial charge in [-0.25, -0.2) is 4.39 Å². The molecule has 19 heavy (non-hydrogen) atoms. The van der Waals surface area contributed by atoms with Crippen molar-refractivity contribution in [2.24, 2.45) is 0 Å². The van der Waals surface area contributed by atoms with Crippen LogP contribution in [0.25, 0.3) is 0 Å². The topological polar surface area (TPSA) is 29.5 Å². The van der Waals surface area contributed by atoms with E-state index in [4.69, 9.17) is 27.9 Å². The summed E-state index contributed by atoms with van der Waals surface area (Å²) < 4.78 is 18.9. The average Bonchev–Trinajstić information content (AvgIpc) is 2.38. The Balaban J connectivity index is 2.47. The van der Waals surface area contributed by atoms with Gasteiger partial charge in [-0.1, -0.05) is 41.4 Å². The summed E-state index contributed by atoms with van der Waals surface area (Å²) >= 11 is 11.8. The van der Waals surface area contributed by atoms with Crippen molar-refractivity contribution in [1.82, 2.24) is 0 Å². The van der Waals surface area contributed by atoms with Crippen LogP contribution in [-0.4, -0.2) is 12.2 Å². The van der Waals surface area contributed by atoms with E-state index >= 15 is 0 Å². The van der Waals surface area contributed by atoms with Crippen LogP contribution in [0.1, 0.15) is 17.2 Å². The highest BCUT2D eigenvalue weighted by Crippen LogP contribution is 2.33. The standard InChI is InChI=1S/C14H11Cl2FO2/c1-19-12-4-2-3-10(13(12)17)14(18)9-6-5-8(15)7-11(9)16/h2-7,14,18H,1H3. The largest absolute Gasteiger partial charge is 0.494 e. The lowest BCUT2D eigenvalue weighted by Gasteiger charge is -2.15.